The van der Waals surface area contributed by atoms with Crippen molar-refractivity contribution in [1.29, 1.82) is 0 Å². The summed E-state index contributed by atoms with van der Waals surface area (Å²) >= 11 is 0. The van der Waals surface area contributed by atoms with E-state index in [2.05, 4.69) is 38.3 Å². The summed E-state index contributed by atoms with van der Waals surface area (Å²) < 4.78 is 0. The smallest absolute Gasteiger partial charge is 0.255 e. The van der Waals surface area contributed by atoms with E-state index in [4.69, 9.17) is 5.73 Å². The van der Waals surface area contributed by atoms with E-state index >= 15 is 0 Å². The molecule has 1 aliphatic heterocycles. The van der Waals surface area contributed by atoms with Crippen molar-refractivity contribution in [2.45, 2.75) is 82.1 Å². The molecule has 1 fully saturated rings. The third-order valence-corrected chi connectivity index (χ3v) is 9.73. The van der Waals surface area contributed by atoms with E-state index in [1.807, 2.05) is 25.1 Å². The normalized spacial score (nSPS) is 29.7. The Morgan fingerprint density at radius 1 is 1.05 bits per heavy atom. The topological polar surface area (TPSA) is 189 Å². The van der Waals surface area contributed by atoms with Crippen LogP contribution >= 0.6 is 0 Å². The number of amides is 1. The molecule has 1 saturated heterocycles. The lowest BCUT2D eigenvalue weighted by molar-refractivity contribution is -0.148. The average Bonchev–Trinajstić information content (AvgIpc) is 2.85. The number of phenolic OH excluding ortho intramolecular Hbond substituents is 1. The van der Waals surface area contributed by atoms with Gasteiger partial charge in [0.15, 0.2) is 11.4 Å². The number of aromatic hydroxyl groups is 1. The summed E-state index contributed by atoms with van der Waals surface area (Å²) in [4.78, 5) is 43.5. The van der Waals surface area contributed by atoms with Gasteiger partial charge in [-0.25, -0.2) is 0 Å². The molecule has 5 rings (SSSR count). The molecule has 0 aromatic heterocycles. The minimum absolute atomic E-state index is 0.00747. The molecule has 44 heavy (non-hydrogen) atoms. The Kier molecular flexibility index (Phi) is 7.38. The predicted octanol–water partition coefficient (Wildman–Crippen LogP) is 1.91. The number of fused-ring (bicyclic) bond motifs is 3. The fourth-order valence-electron chi connectivity index (χ4n) is 8.45. The molecule has 0 unspecified atom stereocenters. The Morgan fingerprint density at radius 3 is 2.16 bits per heavy atom. The van der Waals surface area contributed by atoms with Crippen molar-refractivity contribution in [3.05, 3.63) is 39.9 Å². The fourth-order valence-corrected chi connectivity index (χ4v) is 8.45. The third kappa shape index (κ3) is 4.74. The molecule has 12 nitrogen and oxygen atoms in total. The van der Waals surface area contributed by atoms with Crippen LogP contribution in [0, 0.1) is 11.8 Å². The number of nitrogens with zero attached hydrogens (tertiary/aromatic N) is 2. The number of carbonyl (C=O) groups is 3. The highest BCUT2D eigenvalue weighted by molar-refractivity contribution is 6.25. The molecule has 8 N–H and O–H groups in total. The zero-order valence-electron chi connectivity index (χ0n) is 26.7. The molecular weight excluding hydrogens is 566 g/mol. The number of nitrogens with two attached hydrogens (primary N) is 1. The number of likely N-dealkylation sites (N-methyl/N-ethyl adjacent to an activating group) is 1. The van der Waals surface area contributed by atoms with Crippen molar-refractivity contribution in [1.82, 2.24) is 10.2 Å². The average molecular weight is 612 g/mol. The highest BCUT2D eigenvalue weighted by Gasteiger charge is 2.63. The first-order chi connectivity index (χ1) is 20.2. The fraction of sp³-hybridized carbons (Fsp3) is 0.594. The Balaban J connectivity index is 1.65. The van der Waals surface area contributed by atoms with Crippen LogP contribution < -0.4 is 21.3 Å². The minimum atomic E-state index is -2.67. The number of aliphatic hydroxyl groups is 3. The molecule has 12 heteroatoms. The second-order valence-corrected chi connectivity index (χ2v) is 14.6. The van der Waals surface area contributed by atoms with Crippen LogP contribution in [0.4, 0.5) is 11.4 Å². The molecule has 1 aromatic rings. The monoisotopic (exact) mass is 611 g/mol. The quantitative estimate of drug-likeness (QED) is 0.190. The van der Waals surface area contributed by atoms with Crippen molar-refractivity contribution in [3.8, 4) is 5.75 Å². The number of primary amides is 1. The van der Waals surface area contributed by atoms with E-state index in [9.17, 15) is 34.8 Å². The molecule has 1 amide bonds. The van der Waals surface area contributed by atoms with Gasteiger partial charge in [0.1, 0.15) is 22.8 Å². The van der Waals surface area contributed by atoms with Gasteiger partial charge in [0.05, 0.1) is 17.3 Å². The number of piperidine rings is 1. The van der Waals surface area contributed by atoms with E-state index in [0.29, 0.717) is 16.9 Å². The predicted molar refractivity (Wildman–Crippen MR) is 166 cm³/mol. The molecule has 4 atom stereocenters. The Hall–Kier alpha value is -3.61. The lowest BCUT2D eigenvalue weighted by atomic mass is 9.58. The van der Waals surface area contributed by atoms with Crippen LogP contribution in [0.25, 0.3) is 0 Å². The number of hydrogen-bond acceptors (Lipinski definition) is 11. The van der Waals surface area contributed by atoms with E-state index in [1.54, 1.807) is 14.1 Å². The zero-order chi connectivity index (χ0) is 32.8. The van der Waals surface area contributed by atoms with Crippen LogP contribution in [0.5, 0.6) is 5.75 Å². The van der Waals surface area contributed by atoms with Gasteiger partial charge in [0.2, 0.25) is 5.78 Å². The molecule has 0 saturated carbocycles. The molecule has 240 valence electrons. The van der Waals surface area contributed by atoms with Crippen LogP contribution in [-0.2, 0) is 16.0 Å². The lowest BCUT2D eigenvalue weighted by Crippen LogP contribution is -2.63. The van der Waals surface area contributed by atoms with Gasteiger partial charge in [0.25, 0.3) is 5.91 Å². The third-order valence-electron chi connectivity index (χ3n) is 9.73. The van der Waals surface area contributed by atoms with Gasteiger partial charge in [0, 0.05) is 48.4 Å². The largest absolute Gasteiger partial charge is 0.510 e. The highest BCUT2D eigenvalue weighted by atomic mass is 16.3. The number of ketones is 2. The molecule has 1 heterocycles. The van der Waals surface area contributed by atoms with Crippen LogP contribution in [0.2, 0.25) is 0 Å². The van der Waals surface area contributed by atoms with E-state index < -0.39 is 58.0 Å². The van der Waals surface area contributed by atoms with Gasteiger partial charge in [-0.1, -0.05) is 0 Å². The van der Waals surface area contributed by atoms with E-state index in [-0.39, 0.29) is 46.8 Å². The number of rotatable bonds is 5. The molecule has 4 aliphatic rings. The van der Waals surface area contributed by atoms with Crippen LogP contribution in [-0.4, -0.2) is 99.8 Å². The highest BCUT2D eigenvalue weighted by Crippen LogP contribution is 2.54. The van der Waals surface area contributed by atoms with Crippen molar-refractivity contribution >= 4 is 28.8 Å². The SMILES string of the molecule is CN(C)c1cc(NC2CC(C)(C)NC(C)(C)C2)c(O)c2c1C[C@@H]1C[C@@H]3[C@@H](N(C)C)C(O)=C(C(N)=O)C(=O)[C@@]3(O)C(O)=C1C2=O. The summed E-state index contributed by atoms with van der Waals surface area (Å²) in [5.41, 5.74) is 3.07. The van der Waals surface area contributed by atoms with Crippen molar-refractivity contribution in [2.75, 3.05) is 38.4 Å². The van der Waals surface area contributed by atoms with E-state index in [1.165, 1.54) is 4.90 Å². The maximum atomic E-state index is 14.3. The van der Waals surface area contributed by atoms with Crippen molar-refractivity contribution in [2.24, 2.45) is 17.6 Å². The first kappa shape index (κ1) is 31.8. The van der Waals surface area contributed by atoms with Gasteiger partial charge >= 0.3 is 0 Å². The van der Waals surface area contributed by atoms with Crippen LogP contribution in [0.1, 0.15) is 62.9 Å². The maximum absolute atomic E-state index is 14.3. The summed E-state index contributed by atoms with van der Waals surface area (Å²) in [6.45, 7) is 8.47. The van der Waals surface area contributed by atoms with Gasteiger partial charge < -0.3 is 41.7 Å². The number of hydrogen-bond donors (Lipinski definition) is 7. The first-order valence-electron chi connectivity index (χ1n) is 15.0. The number of benzene rings is 1. The molecule has 0 radical (unpaired) electrons. The van der Waals surface area contributed by atoms with Gasteiger partial charge in [-0.15, -0.1) is 0 Å². The standard InChI is InChI=1S/C32H45N5O7/c1-30(2)12-15(13-31(3,4)35-30)34-18-11-19(36(5)6)16-9-14-10-17-23(37(7)8)26(40)22(29(33)43)28(42)32(17,44)27(41)20(14)25(39)21(16)24(18)38/h11,14-15,17,23,34-35,38,40-41,44H,9-10,12-13H2,1-8H3,(H2,33,43)/t14-,17-,23-,32+/m1/s1. The summed E-state index contributed by atoms with van der Waals surface area (Å²) in [6, 6.07) is 0.773. The van der Waals surface area contributed by atoms with Gasteiger partial charge in [-0.2, -0.15) is 0 Å². The molecule has 0 bridgehead atoms. The lowest BCUT2D eigenvalue weighted by Gasteiger charge is -2.50. The molecular formula is C32H45N5O7. The number of Topliss-reactive ketones (excluding diaryl/α,β-unsaturated/α-hetero) is 2. The molecule has 1 aromatic carbocycles. The molecule has 0 spiro atoms. The van der Waals surface area contributed by atoms with Gasteiger partial charge in [-0.05, 0) is 85.0 Å². The number of nitrogens with one attached hydrogen (secondary N) is 2. The second kappa shape index (κ2) is 10.2. The Labute approximate surface area is 257 Å². The molecule has 3 aliphatic carbocycles. The van der Waals surface area contributed by atoms with Crippen molar-refractivity contribution in [3.63, 3.8) is 0 Å². The van der Waals surface area contributed by atoms with Crippen LogP contribution in [0.3, 0.4) is 0 Å². The van der Waals surface area contributed by atoms with E-state index in [0.717, 1.165) is 12.8 Å². The zero-order valence-corrected chi connectivity index (χ0v) is 26.7. The summed E-state index contributed by atoms with van der Waals surface area (Å²) in [5, 5.41) is 53.2. The Bertz CT molecular complexity index is 1510. The summed E-state index contributed by atoms with van der Waals surface area (Å²) in [5.74, 6) is -6.65. The number of carbonyl (C=O) groups excluding carboxylic acids is 3. The summed E-state index contributed by atoms with van der Waals surface area (Å²) in [7, 11) is 6.90. The number of aliphatic hydroxyl groups excluding tert-OH is 2. The number of anilines is 2. The van der Waals surface area contributed by atoms with Crippen molar-refractivity contribution < 1.29 is 34.8 Å². The van der Waals surface area contributed by atoms with Crippen LogP contribution in [0.15, 0.2) is 28.7 Å². The first-order valence-corrected chi connectivity index (χ1v) is 15.0. The minimum Gasteiger partial charge on any atom is -0.510 e. The maximum Gasteiger partial charge on any atom is 0.255 e. The Morgan fingerprint density at radius 2 is 1.64 bits per heavy atom. The number of phenols is 1. The van der Waals surface area contributed by atoms with Gasteiger partial charge in [-0.3, -0.25) is 19.3 Å². The summed E-state index contributed by atoms with van der Waals surface area (Å²) in [6.07, 6.45) is 1.79. The second-order valence-electron chi connectivity index (χ2n) is 14.6. The number of allylic oxidation sites excluding steroid dienone is 1.